The van der Waals surface area contributed by atoms with Gasteiger partial charge in [-0.15, -0.1) is 0 Å². The zero-order chi connectivity index (χ0) is 10.1. The molecule has 0 aromatic heterocycles. The molecule has 0 bridgehead atoms. The third-order valence-electron chi connectivity index (χ3n) is 2.51. The first-order chi connectivity index (χ1) is 5.91. The highest BCUT2D eigenvalue weighted by Crippen LogP contribution is 2.31. The summed E-state index contributed by atoms with van der Waals surface area (Å²) in [5.74, 6) is 0. The monoisotopic (exact) mass is 176 g/mol. The van der Waals surface area contributed by atoms with Crippen LogP contribution >= 0.6 is 0 Å². The van der Waals surface area contributed by atoms with Crippen LogP contribution in [0.15, 0.2) is 34.9 Å². The summed E-state index contributed by atoms with van der Waals surface area (Å²) in [4.78, 5) is 0. The van der Waals surface area contributed by atoms with E-state index in [4.69, 9.17) is 0 Å². The van der Waals surface area contributed by atoms with Gasteiger partial charge in [0, 0.05) is 0 Å². The van der Waals surface area contributed by atoms with Crippen molar-refractivity contribution in [2.45, 2.75) is 41.0 Å². The van der Waals surface area contributed by atoms with Crippen molar-refractivity contribution in [2.75, 3.05) is 0 Å². The van der Waals surface area contributed by atoms with Gasteiger partial charge >= 0.3 is 0 Å². The van der Waals surface area contributed by atoms with E-state index in [2.05, 4.69) is 52.8 Å². The Bertz CT molecular complexity index is 276. The molecule has 0 N–H and O–H groups in total. The summed E-state index contributed by atoms with van der Waals surface area (Å²) < 4.78 is 0. The maximum atomic E-state index is 2.35. The van der Waals surface area contributed by atoms with Gasteiger partial charge in [0.1, 0.15) is 0 Å². The smallest absolute Gasteiger partial charge is 0.00921 e. The van der Waals surface area contributed by atoms with E-state index in [1.807, 2.05) is 0 Å². The molecular weight excluding hydrogens is 156 g/mol. The number of allylic oxidation sites excluding steroid dienone is 6. The lowest BCUT2D eigenvalue weighted by molar-refractivity contribution is 0.514. The van der Waals surface area contributed by atoms with Crippen molar-refractivity contribution in [3.63, 3.8) is 0 Å². The van der Waals surface area contributed by atoms with Crippen molar-refractivity contribution in [1.82, 2.24) is 0 Å². The Hall–Kier alpha value is -0.780. The van der Waals surface area contributed by atoms with Gasteiger partial charge < -0.3 is 0 Å². The lowest BCUT2D eigenvalue weighted by Gasteiger charge is -2.23. The Morgan fingerprint density at radius 3 is 2.08 bits per heavy atom. The second-order valence-electron chi connectivity index (χ2n) is 4.97. The Kier molecular flexibility index (Phi) is 2.80. The molecule has 0 nitrogen and oxygen atoms in total. The minimum atomic E-state index is 0.295. The Labute approximate surface area is 82.0 Å². The van der Waals surface area contributed by atoms with Crippen LogP contribution in [-0.4, -0.2) is 0 Å². The molecule has 1 aliphatic carbocycles. The summed E-state index contributed by atoms with van der Waals surface area (Å²) in [6.45, 7) is 11.1. The molecule has 0 unspecified atom stereocenters. The van der Waals surface area contributed by atoms with Crippen LogP contribution in [0.3, 0.4) is 0 Å². The maximum Gasteiger partial charge on any atom is -0.00921 e. The first kappa shape index (κ1) is 10.3. The van der Waals surface area contributed by atoms with Gasteiger partial charge in [0.15, 0.2) is 0 Å². The molecule has 0 amide bonds. The molecule has 0 atom stereocenters. The van der Waals surface area contributed by atoms with Crippen LogP contribution in [0.1, 0.15) is 41.0 Å². The SMILES string of the molecule is CC(C)=C1C=CC(C(C)(C)C)=CC1. The summed E-state index contributed by atoms with van der Waals surface area (Å²) >= 11 is 0. The van der Waals surface area contributed by atoms with E-state index in [9.17, 15) is 0 Å². The molecule has 0 radical (unpaired) electrons. The molecule has 0 heteroatoms. The minimum absolute atomic E-state index is 0.295. The summed E-state index contributed by atoms with van der Waals surface area (Å²) in [6.07, 6.45) is 7.97. The molecule has 0 aromatic carbocycles. The van der Waals surface area contributed by atoms with Crippen LogP contribution in [0.2, 0.25) is 0 Å². The summed E-state index contributed by atoms with van der Waals surface area (Å²) in [7, 11) is 0. The molecule has 0 aliphatic heterocycles. The van der Waals surface area contributed by atoms with Crippen LogP contribution in [0.5, 0.6) is 0 Å². The first-order valence-corrected chi connectivity index (χ1v) is 4.96. The van der Waals surface area contributed by atoms with Gasteiger partial charge in [-0.05, 0) is 36.8 Å². The van der Waals surface area contributed by atoms with Gasteiger partial charge in [-0.2, -0.15) is 0 Å². The molecule has 0 fully saturated rings. The summed E-state index contributed by atoms with van der Waals surface area (Å²) in [6, 6.07) is 0. The van der Waals surface area contributed by atoms with Crippen molar-refractivity contribution in [3.8, 4) is 0 Å². The van der Waals surface area contributed by atoms with E-state index in [0.717, 1.165) is 6.42 Å². The quantitative estimate of drug-likeness (QED) is 0.517. The van der Waals surface area contributed by atoms with Crippen molar-refractivity contribution in [3.05, 3.63) is 34.9 Å². The molecule has 0 heterocycles. The molecule has 0 saturated heterocycles. The predicted molar refractivity (Wildman–Crippen MR) is 59.7 cm³/mol. The first-order valence-electron chi connectivity index (χ1n) is 4.96. The van der Waals surface area contributed by atoms with Gasteiger partial charge in [0.05, 0.1) is 0 Å². The molecule has 0 aromatic rings. The fourth-order valence-corrected chi connectivity index (χ4v) is 1.47. The third-order valence-corrected chi connectivity index (χ3v) is 2.51. The Morgan fingerprint density at radius 2 is 1.77 bits per heavy atom. The number of hydrogen-bond donors (Lipinski definition) is 0. The molecule has 0 spiro atoms. The highest BCUT2D eigenvalue weighted by Gasteiger charge is 2.16. The second kappa shape index (κ2) is 3.53. The Morgan fingerprint density at radius 1 is 1.15 bits per heavy atom. The highest BCUT2D eigenvalue weighted by atomic mass is 14.2. The van der Waals surface area contributed by atoms with Gasteiger partial charge in [-0.25, -0.2) is 0 Å². The van der Waals surface area contributed by atoms with Crippen molar-refractivity contribution < 1.29 is 0 Å². The van der Waals surface area contributed by atoms with Crippen molar-refractivity contribution in [1.29, 1.82) is 0 Å². The van der Waals surface area contributed by atoms with E-state index in [0.29, 0.717) is 5.41 Å². The average molecular weight is 176 g/mol. The lowest BCUT2D eigenvalue weighted by Crippen LogP contribution is -2.09. The van der Waals surface area contributed by atoms with Crippen molar-refractivity contribution in [2.24, 2.45) is 5.41 Å². The predicted octanol–water partition coefficient (Wildman–Crippen LogP) is 4.26. The minimum Gasteiger partial charge on any atom is -0.0764 e. The van der Waals surface area contributed by atoms with E-state index in [1.54, 1.807) is 0 Å². The topological polar surface area (TPSA) is 0 Å². The largest absolute Gasteiger partial charge is 0.0764 e. The van der Waals surface area contributed by atoms with Crippen LogP contribution in [-0.2, 0) is 0 Å². The molecule has 1 aliphatic rings. The van der Waals surface area contributed by atoms with Gasteiger partial charge in [0.25, 0.3) is 0 Å². The van der Waals surface area contributed by atoms with E-state index in [-0.39, 0.29) is 0 Å². The average Bonchev–Trinajstić information content (AvgIpc) is 2.03. The number of hydrogen-bond acceptors (Lipinski definition) is 0. The van der Waals surface area contributed by atoms with Crippen LogP contribution in [0.25, 0.3) is 0 Å². The molecule has 13 heavy (non-hydrogen) atoms. The molecular formula is C13H20. The lowest BCUT2D eigenvalue weighted by atomic mass is 9.82. The van der Waals surface area contributed by atoms with Crippen LogP contribution in [0.4, 0.5) is 0 Å². The second-order valence-corrected chi connectivity index (χ2v) is 4.97. The third kappa shape index (κ3) is 2.58. The van der Waals surface area contributed by atoms with E-state index >= 15 is 0 Å². The van der Waals surface area contributed by atoms with E-state index < -0.39 is 0 Å². The Balaban J connectivity index is 2.83. The number of rotatable bonds is 0. The zero-order valence-electron chi connectivity index (χ0n) is 9.44. The summed E-state index contributed by atoms with van der Waals surface area (Å²) in [5, 5.41) is 0. The van der Waals surface area contributed by atoms with Crippen LogP contribution in [0, 0.1) is 5.41 Å². The molecule has 0 saturated carbocycles. The van der Waals surface area contributed by atoms with Crippen LogP contribution < -0.4 is 0 Å². The molecule has 1 rings (SSSR count). The maximum absolute atomic E-state index is 2.35. The fourth-order valence-electron chi connectivity index (χ4n) is 1.47. The molecule has 72 valence electrons. The van der Waals surface area contributed by atoms with Gasteiger partial charge in [0.2, 0.25) is 0 Å². The van der Waals surface area contributed by atoms with Gasteiger partial charge in [-0.3, -0.25) is 0 Å². The fraction of sp³-hybridized carbons (Fsp3) is 0.538. The normalized spacial score (nSPS) is 17.3. The summed E-state index contributed by atoms with van der Waals surface area (Å²) in [5.41, 5.74) is 4.65. The standard InChI is InChI=1S/C13H20/c1-10(2)11-6-8-12(9-7-11)13(3,4)5/h6,8-9H,7H2,1-5H3. The van der Waals surface area contributed by atoms with E-state index in [1.165, 1.54) is 16.7 Å². The zero-order valence-corrected chi connectivity index (χ0v) is 9.44. The highest BCUT2D eigenvalue weighted by molar-refractivity contribution is 5.39. The van der Waals surface area contributed by atoms with Crippen molar-refractivity contribution >= 4 is 0 Å². The van der Waals surface area contributed by atoms with Gasteiger partial charge in [-0.1, -0.05) is 44.6 Å².